The number of esters is 1. The Morgan fingerprint density at radius 1 is 1.38 bits per heavy atom. The van der Waals surface area contributed by atoms with Crippen molar-refractivity contribution in [2.24, 2.45) is 5.92 Å². The molecule has 4 nitrogen and oxygen atoms in total. The molecular formula is C16H21ClO4. The maximum atomic E-state index is 11.9. The summed E-state index contributed by atoms with van der Waals surface area (Å²) in [5.41, 5.74) is 0.794. The van der Waals surface area contributed by atoms with Crippen LogP contribution < -0.4 is 0 Å². The summed E-state index contributed by atoms with van der Waals surface area (Å²) >= 11 is 6.21. The van der Waals surface area contributed by atoms with E-state index in [1.54, 1.807) is 13.2 Å². The molecule has 1 aromatic carbocycles. The molecule has 0 radical (unpaired) electrons. The fourth-order valence-corrected chi connectivity index (χ4v) is 2.44. The highest BCUT2D eigenvalue weighted by Gasteiger charge is 2.29. The molecule has 5 heteroatoms. The smallest absolute Gasteiger partial charge is 0.306 e. The van der Waals surface area contributed by atoms with Crippen LogP contribution in [0.4, 0.5) is 0 Å². The number of methoxy groups -OCH3 is 1. The summed E-state index contributed by atoms with van der Waals surface area (Å²) in [6.45, 7) is 1.93. The normalized spacial score (nSPS) is 17.3. The fourth-order valence-electron chi connectivity index (χ4n) is 2.20. The third-order valence-electron chi connectivity index (χ3n) is 3.47. The average Bonchev–Trinajstić information content (AvgIpc) is 3.24. The minimum atomic E-state index is -0.443. The molecule has 0 heterocycles. The molecule has 0 aromatic heterocycles. The minimum absolute atomic E-state index is 0.112. The molecule has 1 fully saturated rings. The van der Waals surface area contributed by atoms with E-state index in [2.05, 4.69) is 0 Å². The summed E-state index contributed by atoms with van der Waals surface area (Å²) in [6, 6.07) is 7.39. The summed E-state index contributed by atoms with van der Waals surface area (Å²) in [5.74, 6) is 0.325. The van der Waals surface area contributed by atoms with E-state index in [1.807, 2.05) is 25.1 Å². The van der Waals surface area contributed by atoms with Crippen LogP contribution in [0, 0.1) is 5.92 Å². The third kappa shape index (κ3) is 4.99. The van der Waals surface area contributed by atoms with Gasteiger partial charge in [-0.05, 0) is 31.7 Å². The Balaban J connectivity index is 2.03. The lowest BCUT2D eigenvalue weighted by Gasteiger charge is -2.25. The van der Waals surface area contributed by atoms with Crippen LogP contribution >= 0.6 is 11.6 Å². The van der Waals surface area contributed by atoms with Gasteiger partial charge in [-0.15, -0.1) is 0 Å². The Kier molecular flexibility index (Phi) is 6.03. The molecule has 0 N–H and O–H groups in total. The molecule has 116 valence electrons. The second kappa shape index (κ2) is 7.78. The Labute approximate surface area is 130 Å². The number of halogens is 1. The summed E-state index contributed by atoms with van der Waals surface area (Å²) in [7, 11) is 1.55. The molecule has 2 atom stereocenters. The van der Waals surface area contributed by atoms with Crippen molar-refractivity contribution in [2.75, 3.05) is 13.9 Å². The van der Waals surface area contributed by atoms with Crippen molar-refractivity contribution < 1.29 is 19.0 Å². The molecule has 1 aliphatic rings. The van der Waals surface area contributed by atoms with E-state index in [4.69, 9.17) is 25.8 Å². The number of carbonyl (C=O) groups is 1. The predicted molar refractivity (Wildman–Crippen MR) is 80.0 cm³/mol. The first-order valence-corrected chi connectivity index (χ1v) is 7.54. The quantitative estimate of drug-likeness (QED) is 0.542. The lowest BCUT2D eigenvalue weighted by atomic mass is 10.1. The van der Waals surface area contributed by atoms with Crippen molar-refractivity contribution >= 4 is 17.6 Å². The standard InChI is InChI=1S/C16H21ClO4/c1-11(21-15(18)9-12-7-8-12)16(20-10-19-2)13-5-3-4-6-14(13)17/h3-6,11-12,16H,7-10H2,1-2H3/t11-,16+/m0/s1. The minimum Gasteiger partial charge on any atom is -0.460 e. The first-order chi connectivity index (χ1) is 10.1. The molecule has 1 aliphatic carbocycles. The van der Waals surface area contributed by atoms with Crippen LogP contribution in [-0.4, -0.2) is 26.0 Å². The second-order valence-electron chi connectivity index (χ2n) is 5.36. The molecule has 2 rings (SSSR count). The first kappa shape index (κ1) is 16.3. The van der Waals surface area contributed by atoms with Gasteiger partial charge in [0.15, 0.2) is 0 Å². The number of benzene rings is 1. The Hall–Kier alpha value is -1.10. The van der Waals surface area contributed by atoms with Gasteiger partial charge >= 0.3 is 5.97 Å². The SMILES string of the molecule is COCO[C@@H](c1ccccc1Cl)[C@H](C)OC(=O)CC1CC1. The average molecular weight is 313 g/mol. The van der Waals surface area contributed by atoms with Crippen LogP contribution in [0.2, 0.25) is 5.02 Å². The molecule has 0 bridgehead atoms. The molecule has 0 spiro atoms. The van der Waals surface area contributed by atoms with Crippen molar-refractivity contribution in [3.63, 3.8) is 0 Å². The maximum Gasteiger partial charge on any atom is 0.306 e. The first-order valence-electron chi connectivity index (χ1n) is 7.16. The van der Waals surface area contributed by atoms with Gasteiger partial charge < -0.3 is 14.2 Å². The van der Waals surface area contributed by atoms with Gasteiger partial charge in [-0.2, -0.15) is 0 Å². The van der Waals surface area contributed by atoms with Crippen molar-refractivity contribution in [1.82, 2.24) is 0 Å². The third-order valence-corrected chi connectivity index (χ3v) is 3.82. The van der Waals surface area contributed by atoms with Crippen LogP contribution in [-0.2, 0) is 19.0 Å². The number of ether oxygens (including phenoxy) is 3. The largest absolute Gasteiger partial charge is 0.460 e. The van der Waals surface area contributed by atoms with Gasteiger partial charge in [0.05, 0.1) is 0 Å². The van der Waals surface area contributed by atoms with Crippen LogP contribution in [0.3, 0.4) is 0 Å². The number of hydrogen-bond donors (Lipinski definition) is 0. The van der Waals surface area contributed by atoms with Crippen LogP contribution in [0.1, 0.15) is 37.9 Å². The second-order valence-corrected chi connectivity index (χ2v) is 5.76. The van der Waals surface area contributed by atoms with E-state index in [1.165, 1.54) is 0 Å². The summed E-state index contributed by atoms with van der Waals surface area (Å²) in [6.07, 6.45) is 1.87. The zero-order valence-electron chi connectivity index (χ0n) is 12.4. The van der Waals surface area contributed by atoms with Gasteiger partial charge in [0.1, 0.15) is 19.0 Å². The van der Waals surface area contributed by atoms with E-state index < -0.39 is 12.2 Å². The lowest BCUT2D eigenvalue weighted by molar-refractivity contribution is -0.164. The van der Waals surface area contributed by atoms with E-state index in [-0.39, 0.29) is 12.8 Å². The van der Waals surface area contributed by atoms with Crippen molar-refractivity contribution in [3.8, 4) is 0 Å². The summed E-state index contributed by atoms with van der Waals surface area (Å²) in [5, 5.41) is 0.587. The highest BCUT2D eigenvalue weighted by atomic mass is 35.5. The highest BCUT2D eigenvalue weighted by molar-refractivity contribution is 6.31. The molecule has 0 aliphatic heterocycles. The lowest BCUT2D eigenvalue weighted by Crippen LogP contribution is -2.26. The topological polar surface area (TPSA) is 44.8 Å². The maximum absolute atomic E-state index is 11.9. The van der Waals surface area contributed by atoms with E-state index in [9.17, 15) is 4.79 Å². The summed E-state index contributed by atoms with van der Waals surface area (Å²) in [4.78, 5) is 11.9. The van der Waals surface area contributed by atoms with Crippen LogP contribution in [0.25, 0.3) is 0 Å². The Morgan fingerprint density at radius 3 is 2.71 bits per heavy atom. The predicted octanol–water partition coefficient (Wildman–Crippen LogP) is 3.73. The monoisotopic (exact) mass is 312 g/mol. The van der Waals surface area contributed by atoms with Gasteiger partial charge in [0.25, 0.3) is 0 Å². The highest BCUT2D eigenvalue weighted by Crippen LogP contribution is 2.34. The van der Waals surface area contributed by atoms with Crippen molar-refractivity contribution in [3.05, 3.63) is 34.9 Å². The molecule has 1 aromatic rings. The number of rotatable bonds is 8. The van der Waals surface area contributed by atoms with Gasteiger partial charge in [-0.25, -0.2) is 0 Å². The van der Waals surface area contributed by atoms with Gasteiger partial charge in [0.2, 0.25) is 0 Å². The molecule has 1 saturated carbocycles. The Bertz CT molecular complexity index is 473. The van der Waals surface area contributed by atoms with Gasteiger partial charge in [-0.3, -0.25) is 4.79 Å². The van der Waals surface area contributed by atoms with Crippen molar-refractivity contribution in [2.45, 2.75) is 38.4 Å². The molecular weight excluding hydrogens is 292 g/mol. The zero-order valence-corrected chi connectivity index (χ0v) is 13.1. The molecule has 0 saturated heterocycles. The van der Waals surface area contributed by atoms with Crippen LogP contribution in [0.5, 0.6) is 0 Å². The number of hydrogen-bond acceptors (Lipinski definition) is 4. The van der Waals surface area contributed by atoms with Crippen LogP contribution in [0.15, 0.2) is 24.3 Å². The van der Waals surface area contributed by atoms with E-state index in [0.29, 0.717) is 17.4 Å². The van der Waals surface area contributed by atoms with E-state index in [0.717, 1.165) is 18.4 Å². The Morgan fingerprint density at radius 2 is 2.10 bits per heavy atom. The molecule has 0 amide bonds. The van der Waals surface area contributed by atoms with E-state index >= 15 is 0 Å². The summed E-state index contributed by atoms with van der Waals surface area (Å²) < 4.78 is 16.1. The molecule has 21 heavy (non-hydrogen) atoms. The van der Waals surface area contributed by atoms with Crippen molar-refractivity contribution in [1.29, 1.82) is 0 Å². The molecule has 0 unspecified atom stereocenters. The number of carbonyl (C=O) groups excluding carboxylic acids is 1. The van der Waals surface area contributed by atoms with Gasteiger partial charge in [-0.1, -0.05) is 29.8 Å². The zero-order chi connectivity index (χ0) is 15.2. The van der Waals surface area contributed by atoms with Gasteiger partial charge in [0, 0.05) is 24.1 Å². The fraction of sp³-hybridized carbons (Fsp3) is 0.562.